The van der Waals surface area contributed by atoms with Gasteiger partial charge in [0, 0.05) is 12.1 Å². The minimum absolute atomic E-state index is 0.0128. The van der Waals surface area contributed by atoms with Gasteiger partial charge in [0.05, 0.1) is 11.4 Å². The Kier molecular flexibility index (Phi) is 3.03. The zero-order valence-corrected chi connectivity index (χ0v) is 11.5. The summed E-state index contributed by atoms with van der Waals surface area (Å²) in [6, 6.07) is 0.162. The van der Waals surface area contributed by atoms with Crippen LogP contribution in [0.3, 0.4) is 0 Å². The van der Waals surface area contributed by atoms with Crippen LogP contribution in [0.25, 0.3) is 0 Å². The molecular formula is C11H19N3O2S. The fraction of sp³-hybridized carbons (Fsp3) is 0.727. The SMILES string of the molecule is Cc1n[nH]c(C)c1S(=O)(=O)N(C(C)C)C1CC1. The maximum atomic E-state index is 12.6. The number of rotatable bonds is 4. The molecular weight excluding hydrogens is 238 g/mol. The molecule has 1 aliphatic carbocycles. The van der Waals surface area contributed by atoms with Gasteiger partial charge in [-0.25, -0.2) is 8.42 Å². The van der Waals surface area contributed by atoms with Crippen LogP contribution in [0.5, 0.6) is 0 Å². The average molecular weight is 257 g/mol. The van der Waals surface area contributed by atoms with Crippen molar-refractivity contribution in [2.75, 3.05) is 0 Å². The fourth-order valence-corrected chi connectivity index (χ4v) is 4.47. The first kappa shape index (κ1) is 12.6. The number of aromatic nitrogens is 2. The molecule has 1 aliphatic rings. The number of hydrogen-bond donors (Lipinski definition) is 1. The van der Waals surface area contributed by atoms with E-state index in [9.17, 15) is 8.42 Å². The lowest BCUT2D eigenvalue weighted by atomic mass is 10.4. The van der Waals surface area contributed by atoms with Gasteiger partial charge >= 0.3 is 0 Å². The van der Waals surface area contributed by atoms with Gasteiger partial charge in [0.15, 0.2) is 0 Å². The van der Waals surface area contributed by atoms with Crippen LogP contribution in [-0.2, 0) is 10.0 Å². The summed E-state index contributed by atoms with van der Waals surface area (Å²) in [6.45, 7) is 7.31. The maximum Gasteiger partial charge on any atom is 0.247 e. The number of aromatic amines is 1. The van der Waals surface area contributed by atoms with E-state index < -0.39 is 10.0 Å². The van der Waals surface area contributed by atoms with Crippen LogP contribution in [0.4, 0.5) is 0 Å². The molecule has 1 fully saturated rings. The molecule has 0 amide bonds. The second-order valence-electron chi connectivity index (χ2n) is 4.92. The highest BCUT2D eigenvalue weighted by atomic mass is 32.2. The molecule has 17 heavy (non-hydrogen) atoms. The third kappa shape index (κ3) is 2.11. The predicted molar refractivity (Wildman–Crippen MR) is 65.2 cm³/mol. The molecule has 0 aromatic carbocycles. The van der Waals surface area contributed by atoms with Gasteiger partial charge in [-0.15, -0.1) is 0 Å². The number of sulfonamides is 1. The summed E-state index contributed by atoms with van der Waals surface area (Å²) in [5, 5.41) is 6.71. The molecule has 5 nitrogen and oxygen atoms in total. The summed E-state index contributed by atoms with van der Waals surface area (Å²) in [5.74, 6) is 0. The number of H-pyrrole nitrogens is 1. The molecule has 0 spiro atoms. The van der Waals surface area contributed by atoms with E-state index in [1.165, 1.54) is 0 Å². The Morgan fingerprint density at radius 2 is 1.94 bits per heavy atom. The highest BCUT2D eigenvalue weighted by molar-refractivity contribution is 7.89. The fourth-order valence-electron chi connectivity index (χ4n) is 2.25. The number of nitrogens with zero attached hydrogens (tertiary/aromatic N) is 2. The Labute approximate surface area is 102 Å². The van der Waals surface area contributed by atoms with Crippen molar-refractivity contribution in [1.29, 1.82) is 0 Å². The largest absolute Gasteiger partial charge is 0.281 e. The van der Waals surface area contributed by atoms with Gasteiger partial charge in [0.2, 0.25) is 10.0 Å². The van der Waals surface area contributed by atoms with Crippen molar-refractivity contribution >= 4 is 10.0 Å². The second kappa shape index (κ2) is 4.10. The van der Waals surface area contributed by atoms with Gasteiger partial charge in [-0.1, -0.05) is 0 Å². The lowest BCUT2D eigenvalue weighted by Gasteiger charge is -2.25. The van der Waals surface area contributed by atoms with Gasteiger partial charge in [-0.2, -0.15) is 9.40 Å². The molecule has 0 radical (unpaired) electrons. The Hall–Kier alpha value is -0.880. The van der Waals surface area contributed by atoms with E-state index in [2.05, 4.69) is 10.2 Å². The van der Waals surface area contributed by atoms with Gasteiger partial charge in [0.25, 0.3) is 0 Å². The van der Waals surface area contributed by atoms with E-state index in [-0.39, 0.29) is 12.1 Å². The molecule has 0 aliphatic heterocycles. The minimum Gasteiger partial charge on any atom is -0.281 e. The molecule has 0 atom stereocenters. The van der Waals surface area contributed by atoms with E-state index in [1.807, 2.05) is 13.8 Å². The van der Waals surface area contributed by atoms with Crippen LogP contribution in [0.2, 0.25) is 0 Å². The summed E-state index contributed by atoms with van der Waals surface area (Å²) >= 11 is 0. The maximum absolute atomic E-state index is 12.6. The molecule has 0 unspecified atom stereocenters. The van der Waals surface area contributed by atoms with E-state index in [4.69, 9.17) is 0 Å². The van der Waals surface area contributed by atoms with Gasteiger partial charge < -0.3 is 0 Å². The quantitative estimate of drug-likeness (QED) is 0.890. The molecule has 0 saturated heterocycles. The van der Waals surface area contributed by atoms with Crippen molar-refractivity contribution in [1.82, 2.24) is 14.5 Å². The lowest BCUT2D eigenvalue weighted by Crippen LogP contribution is -2.39. The zero-order valence-electron chi connectivity index (χ0n) is 10.7. The summed E-state index contributed by atoms with van der Waals surface area (Å²) in [5.41, 5.74) is 1.17. The van der Waals surface area contributed by atoms with Crippen LogP contribution in [-0.4, -0.2) is 35.0 Å². The van der Waals surface area contributed by atoms with Crippen LogP contribution < -0.4 is 0 Å². The Morgan fingerprint density at radius 1 is 1.35 bits per heavy atom. The zero-order chi connectivity index (χ0) is 12.8. The Morgan fingerprint density at radius 3 is 2.29 bits per heavy atom. The van der Waals surface area contributed by atoms with Crippen molar-refractivity contribution in [2.24, 2.45) is 0 Å². The summed E-state index contributed by atoms with van der Waals surface area (Å²) in [4.78, 5) is 0.345. The molecule has 1 heterocycles. The van der Waals surface area contributed by atoms with Gasteiger partial charge in [-0.3, -0.25) is 5.10 Å². The van der Waals surface area contributed by atoms with Gasteiger partial charge in [0.1, 0.15) is 4.90 Å². The highest BCUT2D eigenvalue weighted by Gasteiger charge is 2.41. The molecule has 0 bridgehead atoms. The first-order valence-corrected chi connectivity index (χ1v) is 7.34. The third-order valence-electron chi connectivity index (χ3n) is 3.01. The average Bonchev–Trinajstić information content (AvgIpc) is 2.92. The molecule has 6 heteroatoms. The smallest absolute Gasteiger partial charge is 0.247 e. The standard InChI is InChI=1S/C11H19N3O2S/c1-7(2)14(10-5-6-10)17(15,16)11-8(3)12-13-9(11)4/h7,10H,5-6H2,1-4H3,(H,12,13). The van der Waals surface area contributed by atoms with Crippen molar-refractivity contribution in [3.05, 3.63) is 11.4 Å². The van der Waals surface area contributed by atoms with Crippen LogP contribution in [0, 0.1) is 13.8 Å². The van der Waals surface area contributed by atoms with Crippen molar-refractivity contribution in [3.8, 4) is 0 Å². The van der Waals surface area contributed by atoms with E-state index >= 15 is 0 Å². The predicted octanol–water partition coefficient (Wildman–Crippen LogP) is 1.59. The molecule has 2 rings (SSSR count). The number of hydrogen-bond acceptors (Lipinski definition) is 3. The first-order valence-electron chi connectivity index (χ1n) is 5.90. The Bertz CT molecular complexity index is 493. The van der Waals surface area contributed by atoms with Crippen molar-refractivity contribution in [2.45, 2.75) is 57.5 Å². The van der Waals surface area contributed by atoms with Crippen LogP contribution in [0.15, 0.2) is 4.90 Å². The summed E-state index contributed by atoms with van der Waals surface area (Å²) in [7, 11) is -3.42. The third-order valence-corrected chi connectivity index (χ3v) is 5.40. The molecule has 1 N–H and O–H groups in total. The molecule has 1 aromatic heterocycles. The number of nitrogens with one attached hydrogen (secondary N) is 1. The highest BCUT2D eigenvalue weighted by Crippen LogP contribution is 2.35. The number of aryl methyl sites for hydroxylation is 2. The van der Waals surface area contributed by atoms with E-state index in [1.54, 1.807) is 18.2 Å². The summed E-state index contributed by atoms with van der Waals surface area (Å²) < 4.78 is 26.9. The minimum atomic E-state index is -3.42. The van der Waals surface area contributed by atoms with Crippen LogP contribution >= 0.6 is 0 Å². The lowest BCUT2D eigenvalue weighted by molar-refractivity contribution is 0.345. The van der Waals surface area contributed by atoms with E-state index in [0.717, 1.165) is 12.8 Å². The van der Waals surface area contributed by atoms with Crippen LogP contribution in [0.1, 0.15) is 38.1 Å². The van der Waals surface area contributed by atoms with Crippen molar-refractivity contribution < 1.29 is 8.42 Å². The van der Waals surface area contributed by atoms with Crippen molar-refractivity contribution in [3.63, 3.8) is 0 Å². The molecule has 1 saturated carbocycles. The monoisotopic (exact) mass is 257 g/mol. The molecule has 1 aromatic rings. The van der Waals surface area contributed by atoms with Gasteiger partial charge in [-0.05, 0) is 40.5 Å². The Balaban J connectivity index is 2.48. The first-order chi connectivity index (χ1) is 7.85. The van der Waals surface area contributed by atoms with E-state index in [0.29, 0.717) is 16.3 Å². The summed E-state index contributed by atoms with van der Waals surface area (Å²) in [6.07, 6.45) is 1.93. The topological polar surface area (TPSA) is 66.1 Å². The molecule has 96 valence electrons. The normalized spacial score (nSPS) is 17.1. The second-order valence-corrected chi connectivity index (χ2v) is 6.70.